The summed E-state index contributed by atoms with van der Waals surface area (Å²) in [7, 11) is 0. The Balaban J connectivity index is 2.83. The molecular weight excluding hydrogens is 222 g/mol. The molecule has 0 fully saturated rings. The summed E-state index contributed by atoms with van der Waals surface area (Å²) in [5, 5.41) is 3.52. The minimum absolute atomic E-state index is 0.336. The fourth-order valence-electron chi connectivity index (χ4n) is 1.98. The van der Waals surface area contributed by atoms with Crippen LogP contribution in [0, 0.1) is 0 Å². The molecule has 1 atom stereocenters. The Hall–Kier alpha value is -1.28. The Kier molecular flexibility index (Phi) is 6.51. The van der Waals surface area contributed by atoms with Gasteiger partial charge in [-0.2, -0.15) is 0 Å². The molecule has 2 nitrogen and oxygen atoms in total. The minimum Gasteiger partial charge on any atom is -0.494 e. The molecule has 0 aliphatic heterocycles. The van der Waals surface area contributed by atoms with Gasteiger partial charge in [0.15, 0.2) is 0 Å². The van der Waals surface area contributed by atoms with Crippen LogP contribution in [0.25, 0.3) is 0 Å². The van der Waals surface area contributed by atoms with Gasteiger partial charge in [0.25, 0.3) is 0 Å². The van der Waals surface area contributed by atoms with Crippen LogP contribution < -0.4 is 10.1 Å². The maximum atomic E-state index is 5.56. The van der Waals surface area contributed by atoms with Gasteiger partial charge in [0, 0.05) is 6.04 Å². The van der Waals surface area contributed by atoms with Crippen molar-refractivity contribution in [2.45, 2.75) is 39.7 Å². The number of hydrogen-bond donors (Lipinski definition) is 1. The Labute approximate surface area is 111 Å². The van der Waals surface area contributed by atoms with Crippen LogP contribution in [0.4, 0.5) is 0 Å². The monoisotopic (exact) mass is 247 g/mol. The highest BCUT2D eigenvalue weighted by molar-refractivity contribution is 5.31. The van der Waals surface area contributed by atoms with E-state index in [1.165, 1.54) is 11.1 Å². The summed E-state index contributed by atoms with van der Waals surface area (Å²) in [4.78, 5) is 0. The highest BCUT2D eigenvalue weighted by Crippen LogP contribution is 2.25. The molecule has 1 N–H and O–H groups in total. The van der Waals surface area contributed by atoms with Crippen molar-refractivity contribution in [3.63, 3.8) is 0 Å². The summed E-state index contributed by atoms with van der Waals surface area (Å²) in [6.07, 6.45) is 2.02. The number of nitrogens with one attached hydrogen (secondary N) is 1. The Morgan fingerprint density at radius 2 is 2.11 bits per heavy atom. The van der Waals surface area contributed by atoms with Gasteiger partial charge in [-0.15, -0.1) is 0 Å². The molecule has 0 aliphatic rings. The minimum atomic E-state index is 0.336. The molecule has 0 spiro atoms. The summed E-state index contributed by atoms with van der Waals surface area (Å²) in [6, 6.07) is 8.67. The van der Waals surface area contributed by atoms with Crippen LogP contribution in [-0.2, 0) is 0 Å². The van der Waals surface area contributed by atoms with E-state index < -0.39 is 0 Å². The van der Waals surface area contributed by atoms with Crippen LogP contribution >= 0.6 is 0 Å². The molecule has 0 radical (unpaired) electrons. The number of benzene rings is 1. The second-order valence-electron chi connectivity index (χ2n) is 4.42. The van der Waals surface area contributed by atoms with E-state index in [2.05, 4.69) is 43.9 Å². The second-order valence-corrected chi connectivity index (χ2v) is 4.42. The fraction of sp³-hybridized carbons (Fsp3) is 0.500. The maximum absolute atomic E-state index is 5.56. The van der Waals surface area contributed by atoms with Gasteiger partial charge >= 0.3 is 0 Å². The van der Waals surface area contributed by atoms with E-state index in [9.17, 15) is 0 Å². The molecule has 1 unspecified atom stereocenters. The summed E-state index contributed by atoms with van der Waals surface area (Å²) >= 11 is 0. The second kappa shape index (κ2) is 7.93. The topological polar surface area (TPSA) is 21.3 Å². The van der Waals surface area contributed by atoms with Gasteiger partial charge in [-0.25, -0.2) is 0 Å². The van der Waals surface area contributed by atoms with Crippen LogP contribution in [0.3, 0.4) is 0 Å². The largest absolute Gasteiger partial charge is 0.494 e. The smallest absolute Gasteiger partial charge is 0.119 e. The first-order valence-electron chi connectivity index (χ1n) is 6.84. The lowest BCUT2D eigenvalue weighted by atomic mass is 9.98. The first-order chi connectivity index (χ1) is 8.71. The van der Waals surface area contributed by atoms with Crippen molar-refractivity contribution in [3.05, 3.63) is 42.0 Å². The van der Waals surface area contributed by atoms with Crippen LogP contribution in [0.5, 0.6) is 5.75 Å². The Bertz CT molecular complexity index is 373. The summed E-state index contributed by atoms with van der Waals surface area (Å²) < 4.78 is 5.56. The predicted molar refractivity (Wildman–Crippen MR) is 78.1 cm³/mol. The van der Waals surface area contributed by atoms with E-state index in [1.807, 2.05) is 13.0 Å². The molecule has 1 aromatic carbocycles. The van der Waals surface area contributed by atoms with Gasteiger partial charge in [0.2, 0.25) is 0 Å². The molecule has 18 heavy (non-hydrogen) atoms. The van der Waals surface area contributed by atoms with E-state index in [4.69, 9.17) is 4.74 Å². The first kappa shape index (κ1) is 14.8. The van der Waals surface area contributed by atoms with Crippen molar-refractivity contribution in [1.82, 2.24) is 5.32 Å². The third-order valence-corrected chi connectivity index (χ3v) is 3.01. The van der Waals surface area contributed by atoms with Gasteiger partial charge in [0.1, 0.15) is 5.75 Å². The quantitative estimate of drug-likeness (QED) is 0.699. The molecule has 0 aliphatic carbocycles. The number of rotatable bonds is 8. The van der Waals surface area contributed by atoms with Crippen molar-refractivity contribution in [1.29, 1.82) is 0 Å². The lowest BCUT2D eigenvalue weighted by Crippen LogP contribution is -2.21. The molecule has 0 saturated heterocycles. The molecule has 0 saturated carbocycles. The highest BCUT2D eigenvalue weighted by atomic mass is 16.5. The summed E-state index contributed by atoms with van der Waals surface area (Å²) in [5.74, 6) is 0.944. The van der Waals surface area contributed by atoms with Gasteiger partial charge in [-0.1, -0.05) is 38.1 Å². The standard InChI is InChI=1S/C16H25NO/c1-5-13(4)11-16(17-6-2)14-9-8-10-15(12-14)18-7-3/h8-10,12,16-17H,4-7,11H2,1-3H3. The molecule has 100 valence electrons. The lowest BCUT2D eigenvalue weighted by molar-refractivity contribution is 0.339. The van der Waals surface area contributed by atoms with E-state index >= 15 is 0 Å². The fourth-order valence-corrected chi connectivity index (χ4v) is 1.98. The third kappa shape index (κ3) is 4.53. The van der Waals surface area contributed by atoms with Crippen molar-refractivity contribution >= 4 is 0 Å². The zero-order chi connectivity index (χ0) is 13.4. The van der Waals surface area contributed by atoms with Gasteiger partial charge in [0.05, 0.1) is 6.61 Å². The molecule has 1 aromatic rings. The van der Waals surface area contributed by atoms with Crippen LogP contribution in [-0.4, -0.2) is 13.2 Å². The van der Waals surface area contributed by atoms with E-state index in [0.29, 0.717) is 12.6 Å². The maximum Gasteiger partial charge on any atom is 0.119 e. The Morgan fingerprint density at radius 3 is 2.72 bits per heavy atom. The number of ether oxygens (including phenoxy) is 1. The van der Waals surface area contributed by atoms with E-state index in [0.717, 1.165) is 25.1 Å². The van der Waals surface area contributed by atoms with Crippen molar-refractivity contribution in [2.75, 3.05) is 13.2 Å². The zero-order valence-corrected chi connectivity index (χ0v) is 11.8. The number of hydrogen-bond acceptors (Lipinski definition) is 2. The van der Waals surface area contributed by atoms with Gasteiger partial charge in [-0.05, 0) is 44.0 Å². The third-order valence-electron chi connectivity index (χ3n) is 3.01. The molecule has 1 rings (SSSR count). The normalized spacial score (nSPS) is 12.2. The zero-order valence-electron chi connectivity index (χ0n) is 11.8. The molecule has 0 amide bonds. The first-order valence-corrected chi connectivity index (χ1v) is 6.84. The molecule has 2 heteroatoms. The van der Waals surface area contributed by atoms with E-state index in [1.54, 1.807) is 0 Å². The molecule has 0 bridgehead atoms. The van der Waals surface area contributed by atoms with Crippen LogP contribution in [0.15, 0.2) is 36.4 Å². The molecule has 0 heterocycles. The average Bonchev–Trinajstić information content (AvgIpc) is 2.39. The van der Waals surface area contributed by atoms with Crippen molar-refractivity contribution < 1.29 is 4.74 Å². The SMILES string of the molecule is C=C(CC)CC(NCC)c1cccc(OCC)c1. The molecular formula is C16H25NO. The summed E-state index contributed by atoms with van der Waals surface area (Å²) in [6.45, 7) is 12.1. The Morgan fingerprint density at radius 1 is 1.33 bits per heavy atom. The average molecular weight is 247 g/mol. The lowest BCUT2D eigenvalue weighted by Gasteiger charge is -2.20. The van der Waals surface area contributed by atoms with Crippen LogP contribution in [0.2, 0.25) is 0 Å². The predicted octanol–water partition coefficient (Wildman–Crippen LogP) is 4.09. The highest BCUT2D eigenvalue weighted by Gasteiger charge is 2.11. The van der Waals surface area contributed by atoms with Gasteiger partial charge < -0.3 is 10.1 Å². The molecule has 0 aromatic heterocycles. The van der Waals surface area contributed by atoms with Gasteiger partial charge in [-0.3, -0.25) is 0 Å². The summed E-state index contributed by atoms with van der Waals surface area (Å²) in [5.41, 5.74) is 2.56. The van der Waals surface area contributed by atoms with Crippen LogP contribution in [0.1, 0.15) is 45.2 Å². The van der Waals surface area contributed by atoms with E-state index in [-0.39, 0.29) is 0 Å². The van der Waals surface area contributed by atoms with Crippen molar-refractivity contribution in [2.24, 2.45) is 0 Å². The van der Waals surface area contributed by atoms with Crippen molar-refractivity contribution in [3.8, 4) is 5.75 Å².